The number of carbonyl (C=O) groups is 2. The molecular weight excluding hydrogens is 328 g/mol. The van der Waals surface area contributed by atoms with Crippen molar-refractivity contribution in [2.45, 2.75) is 13.0 Å². The molecule has 1 N–H and O–H groups in total. The van der Waals surface area contributed by atoms with E-state index in [-0.39, 0.29) is 11.5 Å². The first-order chi connectivity index (χ1) is 12.6. The Morgan fingerprint density at radius 2 is 1.77 bits per heavy atom. The highest BCUT2D eigenvalue weighted by molar-refractivity contribution is 6.10. The second-order valence-electron chi connectivity index (χ2n) is 6.05. The lowest BCUT2D eigenvalue weighted by molar-refractivity contribution is 0.0314. The Kier molecular flexibility index (Phi) is 3.97. The van der Waals surface area contributed by atoms with E-state index < -0.39 is 12.1 Å². The maximum atomic E-state index is 12.7. The van der Waals surface area contributed by atoms with Crippen LogP contribution in [0.5, 0.6) is 0 Å². The Morgan fingerprint density at radius 1 is 1.00 bits per heavy atom. The van der Waals surface area contributed by atoms with Gasteiger partial charge in [-0.1, -0.05) is 42.5 Å². The van der Waals surface area contributed by atoms with Crippen LogP contribution in [0, 0.1) is 0 Å². The van der Waals surface area contributed by atoms with E-state index in [9.17, 15) is 9.59 Å². The molecule has 1 atom stereocenters. The molecule has 4 aromatic rings. The molecule has 5 heteroatoms. The third kappa shape index (κ3) is 2.84. The molecule has 0 unspecified atom stereocenters. The fourth-order valence-electron chi connectivity index (χ4n) is 2.95. The number of hydrogen-bond acceptors (Lipinski definition) is 4. The standard InChI is InChI=1S/C21H16N2O3/c1-13(20(24)16-12-22-18-9-5-3-7-15(16)18)26-21(25)19-11-10-14-6-2-4-8-17(14)23-19/h2-13,22H,1H3/t13-/m0/s1. The number of fused-ring (bicyclic) bond motifs is 2. The van der Waals surface area contributed by atoms with Gasteiger partial charge in [-0.05, 0) is 25.1 Å². The normalized spacial score (nSPS) is 12.2. The van der Waals surface area contributed by atoms with Crippen LogP contribution >= 0.6 is 0 Å². The average molecular weight is 344 g/mol. The van der Waals surface area contributed by atoms with E-state index in [1.165, 1.54) is 0 Å². The molecule has 5 nitrogen and oxygen atoms in total. The molecule has 0 spiro atoms. The number of rotatable bonds is 4. The van der Waals surface area contributed by atoms with Gasteiger partial charge in [0.15, 0.2) is 6.10 Å². The quantitative estimate of drug-likeness (QED) is 0.446. The lowest BCUT2D eigenvalue weighted by atomic mass is 10.1. The van der Waals surface area contributed by atoms with Gasteiger partial charge in [0, 0.05) is 28.0 Å². The zero-order chi connectivity index (χ0) is 18.1. The van der Waals surface area contributed by atoms with Crippen LogP contribution in [-0.4, -0.2) is 27.8 Å². The van der Waals surface area contributed by atoms with Crippen molar-refractivity contribution in [1.82, 2.24) is 9.97 Å². The molecular formula is C21H16N2O3. The molecule has 0 saturated heterocycles. The van der Waals surface area contributed by atoms with Crippen LogP contribution in [0.3, 0.4) is 0 Å². The van der Waals surface area contributed by atoms with Gasteiger partial charge in [0.25, 0.3) is 0 Å². The SMILES string of the molecule is C[C@H](OC(=O)c1ccc2ccccc2n1)C(=O)c1c[nH]c2ccccc12. The second-order valence-corrected chi connectivity index (χ2v) is 6.05. The summed E-state index contributed by atoms with van der Waals surface area (Å²) >= 11 is 0. The van der Waals surface area contributed by atoms with Gasteiger partial charge >= 0.3 is 5.97 Å². The summed E-state index contributed by atoms with van der Waals surface area (Å²) in [5.41, 5.74) is 2.26. The van der Waals surface area contributed by atoms with Gasteiger partial charge in [0.2, 0.25) is 5.78 Å². The van der Waals surface area contributed by atoms with Crippen molar-refractivity contribution in [3.8, 4) is 0 Å². The van der Waals surface area contributed by atoms with E-state index in [4.69, 9.17) is 4.74 Å². The van der Waals surface area contributed by atoms with Crippen molar-refractivity contribution in [2.75, 3.05) is 0 Å². The number of hydrogen-bond donors (Lipinski definition) is 1. The summed E-state index contributed by atoms with van der Waals surface area (Å²) in [4.78, 5) is 32.4. The van der Waals surface area contributed by atoms with Gasteiger partial charge in [-0.2, -0.15) is 0 Å². The van der Waals surface area contributed by atoms with Crippen molar-refractivity contribution in [2.24, 2.45) is 0 Å². The molecule has 4 rings (SSSR count). The smallest absolute Gasteiger partial charge is 0.357 e. The lowest BCUT2D eigenvalue weighted by Gasteiger charge is -2.12. The van der Waals surface area contributed by atoms with Crippen LogP contribution in [0.2, 0.25) is 0 Å². The summed E-state index contributed by atoms with van der Waals surface area (Å²) < 4.78 is 5.35. The summed E-state index contributed by atoms with van der Waals surface area (Å²) in [6.07, 6.45) is 0.737. The highest BCUT2D eigenvalue weighted by atomic mass is 16.5. The third-order valence-electron chi connectivity index (χ3n) is 4.32. The highest BCUT2D eigenvalue weighted by Gasteiger charge is 2.23. The number of ketones is 1. The highest BCUT2D eigenvalue weighted by Crippen LogP contribution is 2.20. The lowest BCUT2D eigenvalue weighted by Crippen LogP contribution is -2.24. The number of para-hydroxylation sites is 2. The molecule has 0 fully saturated rings. The first kappa shape index (κ1) is 16.0. The number of nitrogens with one attached hydrogen (secondary N) is 1. The Balaban J connectivity index is 1.55. The summed E-state index contributed by atoms with van der Waals surface area (Å²) in [7, 11) is 0. The minimum atomic E-state index is -0.907. The molecule has 0 amide bonds. The minimum Gasteiger partial charge on any atom is -0.450 e. The first-order valence-electron chi connectivity index (χ1n) is 8.30. The monoisotopic (exact) mass is 344 g/mol. The molecule has 0 saturated carbocycles. The fraction of sp³-hybridized carbons (Fsp3) is 0.0952. The summed E-state index contributed by atoms with van der Waals surface area (Å²) in [6.45, 7) is 1.57. The second kappa shape index (κ2) is 6.44. The molecule has 2 aromatic heterocycles. The summed E-state index contributed by atoms with van der Waals surface area (Å²) in [5, 5.41) is 1.75. The van der Waals surface area contributed by atoms with Gasteiger partial charge in [-0.15, -0.1) is 0 Å². The largest absolute Gasteiger partial charge is 0.450 e. The van der Waals surface area contributed by atoms with E-state index >= 15 is 0 Å². The molecule has 26 heavy (non-hydrogen) atoms. The number of H-pyrrole nitrogens is 1. The maximum Gasteiger partial charge on any atom is 0.357 e. The van der Waals surface area contributed by atoms with Crippen LogP contribution in [-0.2, 0) is 4.74 Å². The van der Waals surface area contributed by atoms with Crippen LogP contribution in [0.4, 0.5) is 0 Å². The molecule has 0 bridgehead atoms. The van der Waals surface area contributed by atoms with Crippen LogP contribution < -0.4 is 0 Å². The molecule has 2 heterocycles. The molecule has 2 aromatic carbocycles. The van der Waals surface area contributed by atoms with Gasteiger partial charge in [0.1, 0.15) is 5.69 Å². The number of ether oxygens (including phenoxy) is 1. The number of Topliss-reactive ketones (excluding diaryl/α,β-unsaturated/α-hetero) is 1. The van der Waals surface area contributed by atoms with Crippen molar-refractivity contribution in [3.63, 3.8) is 0 Å². The molecule has 0 aliphatic heterocycles. The predicted octanol–water partition coefficient (Wildman–Crippen LogP) is 4.14. The zero-order valence-corrected chi connectivity index (χ0v) is 14.1. The van der Waals surface area contributed by atoms with Crippen molar-refractivity contribution in [1.29, 1.82) is 0 Å². The van der Waals surface area contributed by atoms with E-state index in [0.717, 1.165) is 16.3 Å². The van der Waals surface area contributed by atoms with Crippen molar-refractivity contribution < 1.29 is 14.3 Å². The fourth-order valence-corrected chi connectivity index (χ4v) is 2.95. The number of benzene rings is 2. The predicted molar refractivity (Wildman–Crippen MR) is 99.2 cm³/mol. The van der Waals surface area contributed by atoms with Crippen molar-refractivity contribution in [3.05, 3.63) is 78.1 Å². The van der Waals surface area contributed by atoms with E-state index in [1.807, 2.05) is 54.6 Å². The number of esters is 1. The van der Waals surface area contributed by atoms with E-state index in [2.05, 4.69) is 9.97 Å². The number of pyridine rings is 1. The first-order valence-corrected chi connectivity index (χ1v) is 8.30. The van der Waals surface area contributed by atoms with Gasteiger partial charge < -0.3 is 9.72 Å². The topological polar surface area (TPSA) is 72.0 Å². The number of aromatic nitrogens is 2. The van der Waals surface area contributed by atoms with Crippen LogP contribution in [0.1, 0.15) is 27.8 Å². The Morgan fingerprint density at radius 3 is 2.65 bits per heavy atom. The number of aromatic amines is 1. The van der Waals surface area contributed by atoms with Gasteiger partial charge in [-0.25, -0.2) is 9.78 Å². The van der Waals surface area contributed by atoms with Gasteiger partial charge in [0.05, 0.1) is 5.52 Å². The molecule has 128 valence electrons. The minimum absolute atomic E-state index is 0.183. The summed E-state index contributed by atoms with van der Waals surface area (Å²) in [6, 6.07) is 18.4. The maximum absolute atomic E-state index is 12.7. The molecule has 0 aliphatic rings. The molecule has 0 radical (unpaired) electrons. The van der Waals surface area contributed by atoms with Crippen molar-refractivity contribution >= 4 is 33.6 Å². The van der Waals surface area contributed by atoms with Gasteiger partial charge in [-0.3, -0.25) is 4.79 Å². The number of carbonyl (C=O) groups excluding carboxylic acids is 2. The van der Waals surface area contributed by atoms with Crippen LogP contribution in [0.25, 0.3) is 21.8 Å². The Labute approximate surface area is 149 Å². The van der Waals surface area contributed by atoms with E-state index in [1.54, 1.807) is 19.2 Å². The Bertz CT molecular complexity index is 1130. The molecule has 0 aliphatic carbocycles. The third-order valence-corrected chi connectivity index (χ3v) is 4.32. The number of nitrogens with zero attached hydrogens (tertiary/aromatic N) is 1. The Hall–Kier alpha value is -3.47. The van der Waals surface area contributed by atoms with Crippen LogP contribution in [0.15, 0.2) is 66.9 Å². The zero-order valence-electron chi connectivity index (χ0n) is 14.1. The summed E-state index contributed by atoms with van der Waals surface area (Å²) in [5.74, 6) is -0.868. The average Bonchev–Trinajstić information content (AvgIpc) is 3.11. The van der Waals surface area contributed by atoms with E-state index in [0.29, 0.717) is 11.1 Å².